The molecule has 5 heteroatoms. The second-order valence-electron chi connectivity index (χ2n) is 6.03. The van der Waals surface area contributed by atoms with Gasteiger partial charge in [-0.3, -0.25) is 9.69 Å². The summed E-state index contributed by atoms with van der Waals surface area (Å²) >= 11 is 0. The van der Waals surface area contributed by atoms with Crippen LogP contribution in [-0.4, -0.2) is 29.0 Å². The largest absolute Gasteiger partial charge is 0.471 e. The summed E-state index contributed by atoms with van der Waals surface area (Å²) in [5.74, 6) is -0.107. The summed E-state index contributed by atoms with van der Waals surface area (Å²) in [6, 6.07) is 18.2. The Morgan fingerprint density at radius 3 is 2.48 bits per heavy atom. The second-order valence-corrected chi connectivity index (χ2v) is 6.03. The number of fused-ring (bicyclic) bond motifs is 1. The van der Waals surface area contributed by atoms with Crippen LogP contribution in [0.4, 0.5) is 0 Å². The fourth-order valence-corrected chi connectivity index (χ4v) is 3.03. The number of rotatable bonds is 4. The third-order valence-electron chi connectivity index (χ3n) is 4.32. The van der Waals surface area contributed by atoms with E-state index in [9.17, 15) is 9.59 Å². The highest BCUT2D eigenvalue weighted by Gasteiger charge is 2.54. The number of carbonyl (C=O) groups is 2. The average Bonchev–Trinajstić information content (AvgIpc) is 2.93. The molecule has 2 fully saturated rings. The van der Waals surface area contributed by atoms with Gasteiger partial charge >= 0.3 is 5.97 Å². The minimum Gasteiger partial charge on any atom is -0.471 e. The minimum absolute atomic E-state index is 0.0943. The molecule has 0 bridgehead atoms. The number of nitrogens with zero attached hydrogens (tertiary/aromatic N) is 1. The van der Waals surface area contributed by atoms with Gasteiger partial charge in [0.05, 0.1) is 6.42 Å². The van der Waals surface area contributed by atoms with Crippen LogP contribution in [0.3, 0.4) is 0 Å². The highest BCUT2D eigenvalue weighted by atomic mass is 16.6. The molecular weight excluding hydrogens is 318 g/mol. The third-order valence-corrected chi connectivity index (χ3v) is 4.32. The first kappa shape index (κ1) is 15.4. The van der Waals surface area contributed by atoms with Crippen molar-refractivity contribution in [1.29, 1.82) is 0 Å². The summed E-state index contributed by atoms with van der Waals surface area (Å²) < 4.78 is 11.2. The van der Waals surface area contributed by atoms with E-state index in [1.165, 1.54) is 4.90 Å². The molecule has 0 aliphatic carbocycles. The van der Waals surface area contributed by atoms with Crippen molar-refractivity contribution in [2.75, 3.05) is 0 Å². The van der Waals surface area contributed by atoms with Crippen LogP contribution >= 0.6 is 0 Å². The van der Waals surface area contributed by atoms with Crippen molar-refractivity contribution in [2.45, 2.75) is 25.3 Å². The number of benzene rings is 2. The molecule has 25 heavy (non-hydrogen) atoms. The maximum absolute atomic E-state index is 12.6. The molecule has 2 atom stereocenters. The SMILES string of the molecule is O=C(OCc1ccccc1)C1C(=Cc2ccccc2)OC2CC(=O)N21. The normalized spacial score (nSPS) is 23.0. The molecule has 5 nitrogen and oxygen atoms in total. The molecule has 0 N–H and O–H groups in total. The lowest BCUT2D eigenvalue weighted by Crippen LogP contribution is -2.55. The van der Waals surface area contributed by atoms with E-state index in [0.717, 1.165) is 11.1 Å². The molecule has 0 aromatic heterocycles. The van der Waals surface area contributed by atoms with Gasteiger partial charge in [0.25, 0.3) is 0 Å². The molecule has 2 heterocycles. The molecule has 126 valence electrons. The zero-order valence-electron chi connectivity index (χ0n) is 13.5. The van der Waals surface area contributed by atoms with Crippen molar-refractivity contribution in [3.05, 3.63) is 77.5 Å². The monoisotopic (exact) mass is 335 g/mol. The molecule has 0 radical (unpaired) electrons. The Labute approximate surface area is 145 Å². The number of ether oxygens (including phenoxy) is 2. The van der Waals surface area contributed by atoms with Gasteiger partial charge in [-0.1, -0.05) is 60.7 Å². The maximum atomic E-state index is 12.6. The third kappa shape index (κ3) is 3.01. The summed E-state index contributed by atoms with van der Waals surface area (Å²) in [5, 5.41) is 0. The van der Waals surface area contributed by atoms with E-state index in [4.69, 9.17) is 9.47 Å². The van der Waals surface area contributed by atoms with Gasteiger partial charge in [0.15, 0.2) is 12.3 Å². The quantitative estimate of drug-likeness (QED) is 0.637. The number of hydrogen-bond acceptors (Lipinski definition) is 4. The molecule has 4 rings (SSSR count). The summed E-state index contributed by atoms with van der Waals surface area (Å²) in [7, 11) is 0. The zero-order chi connectivity index (χ0) is 17.2. The molecular formula is C20H17NO4. The van der Waals surface area contributed by atoms with Gasteiger partial charge in [-0.15, -0.1) is 0 Å². The Morgan fingerprint density at radius 1 is 1.12 bits per heavy atom. The number of amides is 1. The minimum atomic E-state index is -0.810. The lowest BCUT2D eigenvalue weighted by atomic mass is 10.1. The van der Waals surface area contributed by atoms with Crippen LogP contribution in [0.25, 0.3) is 6.08 Å². The van der Waals surface area contributed by atoms with Gasteiger partial charge in [-0.25, -0.2) is 4.79 Å². The predicted molar refractivity (Wildman–Crippen MR) is 90.8 cm³/mol. The van der Waals surface area contributed by atoms with E-state index in [1.54, 1.807) is 6.08 Å². The fraction of sp³-hybridized carbons (Fsp3) is 0.200. The first-order valence-corrected chi connectivity index (χ1v) is 8.17. The molecule has 1 amide bonds. The first-order chi connectivity index (χ1) is 12.2. The van der Waals surface area contributed by atoms with Crippen LogP contribution in [-0.2, 0) is 25.7 Å². The Balaban J connectivity index is 1.54. The number of hydrogen-bond donors (Lipinski definition) is 0. The number of β-lactam (4-membered cyclic amide) rings is 1. The molecule has 2 saturated heterocycles. The number of carbonyl (C=O) groups excluding carboxylic acids is 2. The van der Waals surface area contributed by atoms with Gasteiger partial charge < -0.3 is 9.47 Å². The summed E-state index contributed by atoms with van der Waals surface area (Å²) in [6.45, 7) is 0.168. The lowest BCUT2D eigenvalue weighted by Gasteiger charge is -2.33. The van der Waals surface area contributed by atoms with Crippen molar-refractivity contribution in [2.24, 2.45) is 0 Å². The van der Waals surface area contributed by atoms with Crippen LogP contribution < -0.4 is 0 Å². The highest BCUT2D eigenvalue weighted by Crippen LogP contribution is 2.37. The van der Waals surface area contributed by atoms with E-state index < -0.39 is 12.0 Å². The second kappa shape index (κ2) is 6.43. The number of esters is 1. The van der Waals surface area contributed by atoms with Gasteiger partial charge in [-0.05, 0) is 17.2 Å². The van der Waals surface area contributed by atoms with Gasteiger partial charge in [0, 0.05) is 0 Å². The van der Waals surface area contributed by atoms with Crippen molar-refractivity contribution < 1.29 is 19.1 Å². The standard InChI is InChI=1S/C20H17NO4/c22-17-12-18-21(17)19(16(25-18)11-14-7-3-1-4-8-14)20(23)24-13-15-9-5-2-6-10-15/h1-11,18-19H,12-13H2. The lowest BCUT2D eigenvalue weighted by molar-refractivity contribution is -0.166. The Morgan fingerprint density at radius 2 is 1.80 bits per heavy atom. The highest BCUT2D eigenvalue weighted by molar-refractivity contribution is 5.92. The smallest absolute Gasteiger partial charge is 0.337 e. The van der Waals surface area contributed by atoms with Gasteiger partial charge in [-0.2, -0.15) is 0 Å². The van der Waals surface area contributed by atoms with E-state index in [0.29, 0.717) is 12.2 Å². The predicted octanol–water partition coefficient (Wildman–Crippen LogP) is 2.73. The van der Waals surface area contributed by atoms with Crippen molar-refractivity contribution >= 4 is 18.0 Å². The molecule has 2 aromatic carbocycles. The van der Waals surface area contributed by atoms with Gasteiger partial charge in [0.2, 0.25) is 5.91 Å². The molecule has 2 aliphatic rings. The Hall–Kier alpha value is -3.08. The average molecular weight is 335 g/mol. The van der Waals surface area contributed by atoms with E-state index in [-0.39, 0.29) is 18.7 Å². The van der Waals surface area contributed by atoms with Crippen molar-refractivity contribution in [3.63, 3.8) is 0 Å². The molecule has 2 unspecified atom stereocenters. The van der Waals surface area contributed by atoms with Crippen LogP contribution in [0.2, 0.25) is 0 Å². The van der Waals surface area contributed by atoms with E-state index >= 15 is 0 Å². The van der Waals surface area contributed by atoms with E-state index in [2.05, 4.69) is 0 Å². The molecule has 0 saturated carbocycles. The van der Waals surface area contributed by atoms with Crippen LogP contribution in [0.15, 0.2) is 66.4 Å². The van der Waals surface area contributed by atoms with Crippen LogP contribution in [0.5, 0.6) is 0 Å². The Bertz CT molecular complexity index is 816. The van der Waals surface area contributed by atoms with Crippen molar-refractivity contribution in [1.82, 2.24) is 4.90 Å². The Kier molecular flexibility index (Phi) is 3.98. The first-order valence-electron chi connectivity index (χ1n) is 8.17. The maximum Gasteiger partial charge on any atom is 0.337 e. The van der Waals surface area contributed by atoms with Gasteiger partial charge in [0.1, 0.15) is 12.4 Å². The summed E-state index contributed by atoms with van der Waals surface area (Å²) in [6.07, 6.45) is 1.73. The van der Waals surface area contributed by atoms with Crippen molar-refractivity contribution in [3.8, 4) is 0 Å². The topological polar surface area (TPSA) is 55.8 Å². The fourth-order valence-electron chi connectivity index (χ4n) is 3.03. The summed E-state index contributed by atoms with van der Waals surface area (Å²) in [4.78, 5) is 26.0. The summed E-state index contributed by atoms with van der Waals surface area (Å²) in [5.41, 5.74) is 1.81. The van der Waals surface area contributed by atoms with E-state index in [1.807, 2.05) is 60.7 Å². The molecule has 0 spiro atoms. The molecule has 2 aliphatic heterocycles. The van der Waals surface area contributed by atoms with Crippen LogP contribution in [0.1, 0.15) is 17.5 Å². The zero-order valence-corrected chi connectivity index (χ0v) is 13.5. The van der Waals surface area contributed by atoms with Crippen LogP contribution in [0, 0.1) is 0 Å². The molecule has 2 aromatic rings.